The fraction of sp³-hybridized carbons (Fsp3) is 0.800. The summed E-state index contributed by atoms with van der Waals surface area (Å²) in [6.45, 7) is 4.13. The molecule has 0 unspecified atom stereocenters. The van der Waals surface area contributed by atoms with E-state index >= 15 is 0 Å². The molecule has 0 N–H and O–H groups in total. The van der Waals surface area contributed by atoms with Crippen LogP contribution in [0.2, 0.25) is 0 Å². The Bertz CT molecular complexity index is 236. The zero-order chi connectivity index (χ0) is 11.0. The molecule has 82 valence electrons. The maximum absolute atomic E-state index is 6.35. The van der Waals surface area contributed by atoms with Gasteiger partial charge in [-0.05, 0) is 32.6 Å². The lowest BCUT2D eigenvalue weighted by Crippen LogP contribution is -2.47. The molecule has 14 heavy (non-hydrogen) atoms. The Morgan fingerprint density at radius 3 is 2.50 bits per heavy atom. The Hall–Kier alpha value is 1.09. The first-order valence-electron chi connectivity index (χ1n) is 4.58. The van der Waals surface area contributed by atoms with Gasteiger partial charge in [-0.2, -0.15) is 0 Å². The number of rotatable bonds is 1. The van der Waals surface area contributed by atoms with Gasteiger partial charge >= 0.3 is 0 Å². The second-order valence-corrected chi connectivity index (χ2v) is 7.81. The summed E-state index contributed by atoms with van der Waals surface area (Å²) in [5, 5.41) is -0.00680. The molecular weight excluding hydrogens is 306 g/mol. The van der Waals surface area contributed by atoms with Gasteiger partial charge in [-0.15, -0.1) is 23.2 Å². The largest absolute Gasteiger partial charge is 0.121 e. The van der Waals surface area contributed by atoms with Crippen LogP contribution in [0.4, 0.5) is 0 Å². The van der Waals surface area contributed by atoms with Gasteiger partial charge in [0.1, 0.15) is 0 Å². The molecule has 1 fully saturated rings. The van der Waals surface area contributed by atoms with Crippen molar-refractivity contribution in [2.24, 2.45) is 5.92 Å². The first-order valence-corrected chi connectivity index (χ1v) is 6.63. The summed E-state index contributed by atoms with van der Waals surface area (Å²) in [6.07, 6.45) is 3.67. The van der Waals surface area contributed by atoms with E-state index < -0.39 is 0 Å². The molecule has 4 atom stereocenters. The minimum absolute atomic E-state index is 0.00680. The van der Waals surface area contributed by atoms with Crippen molar-refractivity contribution in [1.82, 2.24) is 0 Å². The van der Waals surface area contributed by atoms with Crippen LogP contribution >= 0.6 is 50.7 Å². The van der Waals surface area contributed by atoms with Gasteiger partial charge in [0.25, 0.3) is 0 Å². The monoisotopic (exact) mass is 318 g/mol. The Labute approximate surface area is 109 Å². The lowest BCUT2D eigenvalue weighted by atomic mass is 9.74. The van der Waals surface area contributed by atoms with Crippen LogP contribution in [0.25, 0.3) is 0 Å². The van der Waals surface area contributed by atoms with E-state index in [0.29, 0.717) is 5.92 Å². The van der Waals surface area contributed by atoms with Crippen LogP contribution in [0.5, 0.6) is 0 Å². The third-order valence-electron chi connectivity index (χ3n) is 2.88. The van der Waals surface area contributed by atoms with Crippen molar-refractivity contribution in [1.29, 1.82) is 0 Å². The van der Waals surface area contributed by atoms with Gasteiger partial charge in [0.2, 0.25) is 0 Å². The zero-order valence-electron chi connectivity index (χ0n) is 8.24. The Kier molecular flexibility index (Phi) is 4.26. The Morgan fingerprint density at radius 1 is 1.43 bits per heavy atom. The van der Waals surface area contributed by atoms with E-state index in [1.165, 1.54) is 0 Å². The first kappa shape index (κ1) is 13.2. The summed E-state index contributed by atoms with van der Waals surface area (Å²) < 4.78 is -0.0136. The highest BCUT2D eigenvalue weighted by molar-refractivity contribution is 9.10. The van der Waals surface area contributed by atoms with E-state index in [-0.39, 0.29) is 14.6 Å². The molecule has 1 rings (SSSR count). The molecule has 1 saturated carbocycles. The molecule has 1 aliphatic rings. The molecule has 0 heterocycles. The molecule has 0 saturated heterocycles. The third kappa shape index (κ3) is 2.81. The van der Waals surface area contributed by atoms with Gasteiger partial charge in [0.05, 0.1) is 10.3 Å². The molecule has 0 aliphatic heterocycles. The second-order valence-electron chi connectivity index (χ2n) is 4.36. The van der Waals surface area contributed by atoms with E-state index in [1.807, 2.05) is 13.0 Å². The van der Waals surface area contributed by atoms with Crippen molar-refractivity contribution in [3.8, 4) is 0 Å². The predicted octanol–water partition coefficient (Wildman–Crippen LogP) is 4.91. The number of halogens is 4. The predicted molar refractivity (Wildman–Crippen MR) is 68.9 cm³/mol. The standard InChI is InChI=1S/C10H14BrCl3/c1-9(11)6-10(2,14)8(13)5-7(9)3-4-12/h3-4,7-8H,5-6H2,1-2H3/b4-3+/t7-,8+,9+,10-/m0/s1. The molecule has 4 heteroatoms. The number of allylic oxidation sites excluding steroid dienone is 1. The molecule has 1 aliphatic carbocycles. The average Bonchev–Trinajstić information content (AvgIpc) is 1.99. The zero-order valence-corrected chi connectivity index (χ0v) is 12.1. The highest BCUT2D eigenvalue weighted by Gasteiger charge is 2.47. The summed E-state index contributed by atoms with van der Waals surface area (Å²) in [7, 11) is 0. The maximum atomic E-state index is 6.35. The third-order valence-corrected chi connectivity index (χ3v) is 5.07. The van der Waals surface area contributed by atoms with Crippen molar-refractivity contribution < 1.29 is 0 Å². The average molecular weight is 320 g/mol. The quantitative estimate of drug-likeness (QED) is 0.602. The van der Waals surface area contributed by atoms with Crippen molar-refractivity contribution in [2.75, 3.05) is 0 Å². The fourth-order valence-corrected chi connectivity index (χ4v) is 3.89. The summed E-state index contributed by atoms with van der Waals surface area (Å²) in [5.41, 5.74) is 1.56. The summed E-state index contributed by atoms with van der Waals surface area (Å²) in [5.74, 6) is 0.342. The molecule has 0 aromatic heterocycles. The van der Waals surface area contributed by atoms with E-state index in [4.69, 9.17) is 34.8 Å². The van der Waals surface area contributed by atoms with E-state index in [2.05, 4.69) is 22.9 Å². The van der Waals surface area contributed by atoms with Crippen LogP contribution < -0.4 is 0 Å². The lowest BCUT2D eigenvalue weighted by Gasteiger charge is -2.45. The van der Waals surface area contributed by atoms with Crippen LogP contribution in [-0.4, -0.2) is 14.6 Å². The molecule has 0 nitrogen and oxygen atoms in total. The minimum Gasteiger partial charge on any atom is -0.121 e. The highest BCUT2D eigenvalue weighted by Crippen LogP contribution is 2.49. The summed E-state index contributed by atoms with van der Waals surface area (Å²) in [6, 6.07) is 0. The van der Waals surface area contributed by atoms with Crippen molar-refractivity contribution in [3.63, 3.8) is 0 Å². The lowest BCUT2D eigenvalue weighted by molar-refractivity contribution is 0.303. The maximum Gasteiger partial charge on any atom is 0.0595 e. The molecule has 0 spiro atoms. The first-order chi connectivity index (χ1) is 6.29. The van der Waals surface area contributed by atoms with E-state index in [9.17, 15) is 0 Å². The number of hydrogen-bond acceptors (Lipinski definition) is 0. The van der Waals surface area contributed by atoms with Gasteiger partial charge in [-0.25, -0.2) is 0 Å². The topological polar surface area (TPSA) is 0 Å². The Morgan fingerprint density at radius 2 is 2.00 bits per heavy atom. The normalized spacial score (nSPS) is 49.9. The van der Waals surface area contributed by atoms with Crippen molar-refractivity contribution in [2.45, 2.75) is 41.3 Å². The minimum atomic E-state index is -0.337. The fourth-order valence-electron chi connectivity index (χ4n) is 2.00. The van der Waals surface area contributed by atoms with E-state index in [1.54, 1.807) is 5.54 Å². The number of alkyl halides is 3. The molecule has 0 radical (unpaired) electrons. The summed E-state index contributed by atoms with van der Waals surface area (Å²) >= 11 is 21.9. The van der Waals surface area contributed by atoms with Gasteiger partial charge < -0.3 is 0 Å². The molecule has 0 bridgehead atoms. The highest BCUT2D eigenvalue weighted by atomic mass is 79.9. The van der Waals surface area contributed by atoms with Gasteiger partial charge in [-0.1, -0.05) is 33.6 Å². The molecular formula is C10H14BrCl3. The van der Waals surface area contributed by atoms with Crippen LogP contribution in [0, 0.1) is 5.92 Å². The van der Waals surface area contributed by atoms with Crippen LogP contribution in [0.1, 0.15) is 26.7 Å². The molecule has 0 amide bonds. The van der Waals surface area contributed by atoms with Gasteiger partial charge in [-0.3, -0.25) is 0 Å². The molecule has 0 aromatic carbocycles. The van der Waals surface area contributed by atoms with Crippen LogP contribution in [-0.2, 0) is 0 Å². The second kappa shape index (κ2) is 4.53. The van der Waals surface area contributed by atoms with Crippen LogP contribution in [0.3, 0.4) is 0 Å². The van der Waals surface area contributed by atoms with Crippen LogP contribution in [0.15, 0.2) is 11.6 Å². The smallest absolute Gasteiger partial charge is 0.0595 e. The van der Waals surface area contributed by atoms with E-state index in [0.717, 1.165) is 12.8 Å². The summed E-state index contributed by atoms with van der Waals surface area (Å²) in [4.78, 5) is -0.337. The van der Waals surface area contributed by atoms with Gasteiger partial charge in [0, 0.05) is 9.86 Å². The Balaban J connectivity index is 2.85. The number of hydrogen-bond donors (Lipinski definition) is 0. The van der Waals surface area contributed by atoms with Crippen molar-refractivity contribution >= 4 is 50.7 Å². The molecule has 0 aromatic rings. The van der Waals surface area contributed by atoms with Crippen molar-refractivity contribution in [3.05, 3.63) is 11.6 Å². The SMILES string of the molecule is C[C@]1(Cl)C[C@@](C)(Br)[C@@H](/C=C/Cl)C[C@H]1Cl. The van der Waals surface area contributed by atoms with Gasteiger partial charge in [0.15, 0.2) is 0 Å².